The lowest BCUT2D eigenvalue weighted by Crippen LogP contribution is -2.55. The average molecular weight is 460 g/mol. The number of carbonyl (C=O) groups excluding carboxylic acids is 4. The Morgan fingerprint density at radius 3 is 2.58 bits per heavy atom. The Labute approximate surface area is 191 Å². The van der Waals surface area contributed by atoms with Crippen LogP contribution in [0.3, 0.4) is 0 Å². The lowest BCUT2D eigenvalue weighted by molar-refractivity contribution is -0.140. The smallest absolute Gasteiger partial charge is 0.322 e. The van der Waals surface area contributed by atoms with Crippen molar-refractivity contribution in [2.45, 2.75) is 50.4 Å². The second-order valence-electron chi connectivity index (χ2n) is 8.11. The molecule has 0 unspecified atom stereocenters. The van der Waals surface area contributed by atoms with Crippen molar-refractivity contribution >= 4 is 29.6 Å². The van der Waals surface area contributed by atoms with Gasteiger partial charge in [0, 0.05) is 12.8 Å². The van der Waals surface area contributed by atoms with Gasteiger partial charge >= 0.3 is 5.97 Å². The Balaban J connectivity index is 1.58. The van der Waals surface area contributed by atoms with Crippen LogP contribution in [0.5, 0.6) is 0 Å². The van der Waals surface area contributed by atoms with E-state index in [1.54, 1.807) is 29.2 Å². The van der Waals surface area contributed by atoms with Gasteiger partial charge in [-0.3, -0.25) is 29.3 Å². The lowest BCUT2D eigenvalue weighted by atomic mass is 10.1. The maximum Gasteiger partial charge on any atom is 0.322 e. The molecule has 0 aromatic heterocycles. The number of amides is 4. The topological polar surface area (TPSA) is 157 Å². The minimum absolute atomic E-state index is 0.0861. The SMILES string of the molecule is O=C(O)CNC(=O)[C@H](Cc1ccccc1)NC(=O)CNC(=O)[C@@H]1CCCN[C@H]2CCC(=O)N21. The van der Waals surface area contributed by atoms with Crippen LogP contribution in [0.25, 0.3) is 0 Å². The summed E-state index contributed by atoms with van der Waals surface area (Å²) in [6.45, 7) is -0.226. The van der Waals surface area contributed by atoms with E-state index in [-0.39, 0.29) is 25.0 Å². The van der Waals surface area contributed by atoms with E-state index in [2.05, 4.69) is 21.3 Å². The quantitative estimate of drug-likeness (QED) is 0.308. The molecule has 0 saturated carbocycles. The molecule has 11 nitrogen and oxygen atoms in total. The first-order chi connectivity index (χ1) is 15.8. The van der Waals surface area contributed by atoms with Crippen molar-refractivity contribution in [2.75, 3.05) is 19.6 Å². The molecule has 1 aromatic rings. The highest BCUT2D eigenvalue weighted by atomic mass is 16.4. The van der Waals surface area contributed by atoms with Crippen molar-refractivity contribution in [1.29, 1.82) is 0 Å². The summed E-state index contributed by atoms with van der Waals surface area (Å²) in [5, 5.41) is 19.5. The average Bonchev–Trinajstić information content (AvgIpc) is 3.02. The van der Waals surface area contributed by atoms with Crippen LogP contribution in [0.4, 0.5) is 0 Å². The number of fused-ring (bicyclic) bond motifs is 1. The van der Waals surface area contributed by atoms with Gasteiger partial charge < -0.3 is 26.0 Å². The van der Waals surface area contributed by atoms with Crippen molar-refractivity contribution in [2.24, 2.45) is 0 Å². The molecule has 0 aliphatic carbocycles. The third-order valence-corrected chi connectivity index (χ3v) is 5.70. The van der Waals surface area contributed by atoms with Crippen LogP contribution in [0, 0.1) is 0 Å². The van der Waals surface area contributed by atoms with Crippen molar-refractivity contribution in [3.8, 4) is 0 Å². The predicted molar refractivity (Wildman–Crippen MR) is 117 cm³/mol. The van der Waals surface area contributed by atoms with E-state index in [4.69, 9.17) is 5.11 Å². The van der Waals surface area contributed by atoms with Gasteiger partial charge in [0.1, 0.15) is 18.6 Å². The molecule has 2 aliphatic heterocycles. The van der Waals surface area contributed by atoms with Crippen molar-refractivity contribution in [3.05, 3.63) is 35.9 Å². The number of nitrogens with zero attached hydrogens (tertiary/aromatic N) is 1. The van der Waals surface area contributed by atoms with Gasteiger partial charge in [0.2, 0.25) is 23.6 Å². The molecule has 4 amide bonds. The van der Waals surface area contributed by atoms with Crippen molar-refractivity contribution in [3.63, 3.8) is 0 Å². The number of aliphatic carboxylic acids is 1. The molecule has 178 valence electrons. The maximum atomic E-state index is 12.8. The number of carbonyl (C=O) groups is 5. The fraction of sp³-hybridized carbons (Fsp3) is 0.500. The largest absolute Gasteiger partial charge is 0.480 e. The number of carboxylic acids is 1. The molecular weight excluding hydrogens is 430 g/mol. The van der Waals surface area contributed by atoms with E-state index in [1.165, 1.54) is 0 Å². The summed E-state index contributed by atoms with van der Waals surface area (Å²) < 4.78 is 0. The summed E-state index contributed by atoms with van der Waals surface area (Å²) in [7, 11) is 0. The summed E-state index contributed by atoms with van der Waals surface area (Å²) in [5.41, 5.74) is 0.779. The standard InChI is InChI=1S/C22H29N5O6/c28-18(12-24-22(33)16-7-4-10-23-17-8-9-19(29)27(16)17)26-15(21(32)25-13-20(30)31)11-14-5-2-1-3-6-14/h1-3,5-6,15-17,23H,4,7-13H2,(H,24,33)(H,25,32)(H,26,28)(H,30,31)/t15-,16-,17+/m0/s1. The molecule has 2 saturated heterocycles. The summed E-state index contributed by atoms with van der Waals surface area (Å²) >= 11 is 0. The minimum Gasteiger partial charge on any atom is -0.480 e. The third kappa shape index (κ3) is 6.75. The molecule has 11 heteroatoms. The summed E-state index contributed by atoms with van der Waals surface area (Å²) in [6, 6.07) is 7.31. The third-order valence-electron chi connectivity index (χ3n) is 5.70. The zero-order valence-electron chi connectivity index (χ0n) is 18.2. The first kappa shape index (κ1) is 24.2. The van der Waals surface area contributed by atoms with E-state index in [9.17, 15) is 24.0 Å². The first-order valence-electron chi connectivity index (χ1n) is 11.0. The van der Waals surface area contributed by atoms with E-state index in [0.717, 1.165) is 12.0 Å². The normalized spacial score (nSPS) is 20.8. The van der Waals surface area contributed by atoms with Crippen molar-refractivity contribution in [1.82, 2.24) is 26.2 Å². The van der Waals surface area contributed by atoms with Gasteiger partial charge in [-0.15, -0.1) is 0 Å². The number of nitrogens with one attached hydrogen (secondary N) is 4. The second-order valence-corrected chi connectivity index (χ2v) is 8.11. The number of rotatable bonds is 9. The number of benzene rings is 1. The Morgan fingerprint density at radius 2 is 1.85 bits per heavy atom. The first-order valence-corrected chi connectivity index (χ1v) is 11.0. The molecule has 3 rings (SSSR count). The second kappa shape index (κ2) is 11.4. The number of carboxylic acid groups (broad SMARTS) is 1. The minimum atomic E-state index is -1.20. The van der Waals surface area contributed by atoms with Gasteiger partial charge in [-0.1, -0.05) is 30.3 Å². The van der Waals surface area contributed by atoms with Crippen LogP contribution < -0.4 is 21.3 Å². The molecule has 0 spiro atoms. The fourth-order valence-electron chi connectivity index (χ4n) is 4.13. The Hall–Kier alpha value is -3.47. The molecule has 2 fully saturated rings. The van der Waals surface area contributed by atoms with Crippen molar-refractivity contribution < 1.29 is 29.1 Å². The summed E-state index contributed by atoms with van der Waals surface area (Å²) in [5.74, 6) is -2.93. The summed E-state index contributed by atoms with van der Waals surface area (Å²) in [4.78, 5) is 62.3. The van der Waals surface area contributed by atoms with Crippen LogP contribution in [0.2, 0.25) is 0 Å². The highest BCUT2D eigenvalue weighted by Gasteiger charge is 2.40. The van der Waals surface area contributed by atoms with Crippen LogP contribution in [0.1, 0.15) is 31.2 Å². The monoisotopic (exact) mass is 459 g/mol. The molecule has 0 bridgehead atoms. The molecule has 1 aromatic carbocycles. The molecule has 5 N–H and O–H groups in total. The lowest BCUT2D eigenvalue weighted by Gasteiger charge is -2.30. The van der Waals surface area contributed by atoms with Gasteiger partial charge in [0.25, 0.3) is 0 Å². The van der Waals surface area contributed by atoms with E-state index >= 15 is 0 Å². The molecule has 3 atom stereocenters. The van der Waals surface area contributed by atoms with Crippen LogP contribution in [-0.4, -0.2) is 77.5 Å². The predicted octanol–water partition coefficient (Wildman–Crippen LogP) is -1.27. The number of hydrogen-bond acceptors (Lipinski definition) is 6. The zero-order chi connectivity index (χ0) is 23.8. The summed E-state index contributed by atoms with van der Waals surface area (Å²) in [6.07, 6.45) is 2.25. The molecule has 0 radical (unpaired) electrons. The van der Waals surface area contributed by atoms with Gasteiger partial charge in [-0.25, -0.2) is 0 Å². The fourth-order valence-corrected chi connectivity index (χ4v) is 4.13. The van der Waals surface area contributed by atoms with Crippen LogP contribution in [0.15, 0.2) is 30.3 Å². The van der Waals surface area contributed by atoms with Gasteiger partial charge in [0.05, 0.1) is 12.7 Å². The zero-order valence-corrected chi connectivity index (χ0v) is 18.2. The van der Waals surface area contributed by atoms with Crippen LogP contribution in [-0.2, 0) is 30.4 Å². The highest BCUT2D eigenvalue weighted by Crippen LogP contribution is 2.24. The molecular formula is C22H29N5O6. The molecule has 2 heterocycles. The van der Waals surface area contributed by atoms with Gasteiger partial charge in [-0.05, 0) is 31.4 Å². The Bertz CT molecular complexity index is 893. The highest BCUT2D eigenvalue weighted by molar-refractivity contribution is 5.93. The Kier molecular flexibility index (Phi) is 8.36. The van der Waals surface area contributed by atoms with Gasteiger partial charge in [-0.2, -0.15) is 0 Å². The van der Waals surface area contributed by atoms with E-state index in [0.29, 0.717) is 25.8 Å². The van der Waals surface area contributed by atoms with Crippen LogP contribution >= 0.6 is 0 Å². The Morgan fingerprint density at radius 1 is 1.09 bits per heavy atom. The molecule has 33 heavy (non-hydrogen) atoms. The maximum absolute atomic E-state index is 12.8. The molecule has 2 aliphatic rings. The van der Waals surface area contributed by atoms with Gasteiger partial charge in [0.15, 0.2) is 0 Å². The number of hydrogen-bond donors (Lipinski definition) is 5. The van der Waals surface area contributed by atoms with E-state index in [1.807, 2.05) is 6.07 Å². The van der Waals surface area contributed by atoms with E-state index < -0.39 is 42.3 Å².